The van der Waals surface area contributed by atoms with Crippen molar-refractivity contribution in [3.8, 4) is 34.3 Å². The van der Waals surface area contributed by atoms with Crippen LogP contribution >= 0.6 is 0 Å². The number of ether oxygens (including phenoxy) is 3. The fraction of sp³-hybridized carbons (Fsp3) is 0.188. The van der Waals surface area contributed by atoms with Crippen LogP contribution < -0.4 is 25.1 Å². The van der Waals surface area contributed by atoms with Gasteiger partial charge in [-0.05, 0) is 50.1 Å². The Labute approximate surface area is 229 Å². The second-order valence-corrected chi connectivity index (χ2v) is 9.41. The molecule has 40 heavy (non-hydrogen) atoms. The first kappa shape index (κ1) is 26.6. The third-order valence-corrected chi connectivity index (χ3v) is 6.58. The minimum Gasteiger partial charge on any atom is -0.507 e. The normalized spacial score (nSPS) is 12.4. The molecule has 1 aliphatic rings. The summed E-state index contributed by atoms with van der Waals surface area (Å²) in [4.78, 5) is 24.2. The van der Waals surface area contributed by atoms with E-state index in [2.05, 4.69) is 0 Å². The zero-order valence-corrected chi connectivity index (χ0v) is 22.6. The second-order valence-electron chi connectivity index (χ2n) is 9.41. The van der Waals surface area contributed by atoms with E-state index in [4.69, 9.17) is 23.0 Å². The van der Waals surface area contributed by atoms with Crippen molar-refractivity contribution >= 4 is 21.9 Å². The predicted octanol–water partition coefficient (Wildman–Crippen LogP) is 6.17. The van der Waals surface area contributed by atoms with Crippen molar-refractivity contribution in [2.45, 2.75) is 20.3 Å². The van der Waals surface area contributed by atoms with Gasteiger partial charge in [-0.2, -0.15) is 0 Å². The Morgan fingerprint density at radius 1 is 0.825 bits per heavy atom. The van der Waals surface area contributed by atoms with E-state index >= 15 is 0 Å². The molecule has 3 heterocycles. The highest BCUT2D eigenvalue weighted by Gasteiger charge is 2.19. The summed E-state index contributed by atoms with van der Waals surface area (Å²) in [6.45, 7) is 4.15. The Hall–Kier alpha value is -4.98. The van der Waals surface area contributed by atoms with Crippen LogP contribution in [-0.4, -0.2) is 25.9 Å². The first-order chi connectivity index (χ1) is 19.3. The smallest absolute Gasteiger partial charge is 0.196 e. The van der Waals surface area contributed by atoms with Crippen molar-refractivity contribution in [2.24, 2.45) is 0 Å². The molecule has 0 saturated carbocycles. The van der Waals surface area contributed by atoms with Gasteiger partial charge in [-0.25, -0.2) is 0 Å². The van der Waals surface area contributed by atoms with Gasteiger partial charge in [-0.1, -0.05) is 18.2 Å². The van der Waals surface area contributed by atoms with Crippen molar-refractivity contribution in [1.29, 1.82) is 0 Å². The molecule has 1 aliphatic heterocycles. The molecule has 0 saturated heterocycles. The third kappa shape index (κ3) is 5.29. The summed E-state index contributed by atoms with van der Waals surface area (Å²) in [5, 5.41) is 11.1. The number of rotatable bonds is 3. The molecule has 204 valence electrons. The molecular weight excluding hydrogens is 512 g/mol. The highest BCUT2D eigenvalue weighted by Crippen LogP contribution is 2.37. The first-order valence-corrected chi connectivity index (χ1v) is 12.6. The average molecular weight is 541 g/mol. The highest BCUT2D eigenvalue weighted by molar-refractivity contribution is 5.87. The average Bonchev–Trinajstić information content (AvgIpc) is 3.14. The standard InChI is InChI=1S/C17H14O4.C15H14O4/c1-19-12-5-3-4-11(8-12)16-10-15(18)14-7-6-13(20-2)9-17(14)21-16;1-8-3-4-10-12(18-7-8)6-13-14(15(10)17)11(16)5-9(2)19-13/h3-10H,1-2H3;3,5-6,17H,4,7H2,1-2H3. The van der Waals surface area contributed by atoms with Crippen LogP contribution in [0.25, 0.3) is 33.3 Å². The van der Waals surface area contributed by atoms with Crippen LogP contribution in [0.2, 0.25) is 0 Å². The number of aromatic hydroxyl groups is 1. The minimum absolute atomic E-state index is 0.0350. The fourth-order valence-electron chi connectivity index (χ4n) is 4.47. The maximum Gasteiger partial charge on any atom is 0.196 e. The molecule has 0 radical (unpaired) electrons. The number of phenols is 1. The monoisotopic (exact) mass is 540 g/mol. The van der Waals surface area contributed by atoms with Crippen molar-refractivity contribution in [1.82, 2.24) is 0 Å². The molecular formula is C32H28O8. The third-order valence-electron chi connectivity index (χ3n) is 6.58. The van der Waals surface area contributed by atoms with E-state index in [1.165, 1.54) is 12.1 Å². The Bertz CT molecular complexity index is 1880. The van der Waals surface area contributed by atoms with Gasteiger partial charge in [0.15, 0.2) is 10.9 Å². The Morgan fingerprint density at radius 3 is 2.38 bits per heavy atom. The Morgan fingerprint density at radius 2 is 1.60 bits per heavy atom. The van der Waals surface area contributed by atoms with Crippen LogP contribution in [0, 0.1) is 6.92 Å². The van der Waals surface area contributed by atoms with Crippen molar-refractivity contribution in [2.75, 3.05) is 20.8 Å². The van der Waals surface area contributed by atoms with Gasteiger partial charge in [0.2, 0.25) is 0 Å². The van der Waals surface area contributed by atoms with E-state index in [0.717, 1.165) is 11.1 Å². The number of aryl methyl sites for hydroxylation is 1. The number of benzene rings is 3. The molecule has 0 amide bonds. The summed E-state index contributed by atoms with van der Waals surface area (Å²) in [7, 11) is 3.17. The summed E-state index contributed by atoms with van der Waals surface area (Å²) in [5.74, 6) is 2.91. The number of phenolic OH excluding ortho intramolecular Hbond substituents is 1. The quantitative estimate of drug-likeness (QED) is 0.271. The van der Waals surface area contributed by atoms with Gasteiger partial charge in [0.1, 0.15) is 57.7 Å². The number of hydrogen-bond donors (Lipinski definition) is 1. The van der Waals surface area contributed by atoms with E-state index in [9.17, 15) is 14.7 Å². The molecule has 0 spiro atoms. The zero-order chi connectivity index (χ0) is 28.4. The molecule has 0 atom stereocenters. The van der Waals surface area contributed by atoms with Gasteiger partial charge < -0.3 is 28.2 Å². The lowest BCUT2D eigenvalue weighted by Gasteiger charge is -2.11. The van der Waals surface area contributed by atoms with Gasteiger partial charge in [0.05, 0.1) is 19.6 Å². The van der Waals surface area contributed by atoms with Crippen molar-refractivity contribution in [3.63, 3.8) is 0 Å². The van der Waals surface area contributed by atoms with Crippen LogP contribution in [0.3, 0.4) is 0 Å². The molecule has 1 N–H and O–H groups in total. The molecule has 6 rings (SSSR count). The summed E-state index contributed by atoms with van der Waals surface area (Å²) < 4.78 is 27.3. The van der Waals surface area contributed by atoms with Crippen LogP contribution in [0.15, 0.2) is 90.7 Å². The van der Waals surface area contributed by atoms with Crippen molar-refractivity contribution < 1.29 is 28.2 Å². The SMILES string of the molecule is CC1=CCc2c(cc3oc(C)cc(=O)c3c2O)OC1.COc1cccc(-c2cc(=O)c3ccc(OC)cc3o2)c1. The summed E-state index contributed by atoms with van der Waals surface area (Å²) >= 11 is 0. The largest absolute Gasteiger partial charge is 0.507 e. The maximum atomic E-state index is 12.2. The fourth-order valence-corrected chi connectivity index (χ4v) is 4.47. The van der Waals surface area contributed by atoms with Crippen LogP contribution in [-0.2, 0) is 6.42 Å². The lowest BCUT2D eigenvalue weighted by Crippen LogP contribution is -2.04. The molecule has 0 unspecified atom stereocenters. The van der Waals surface area contributed by atoms with Crippen molar-refractivity contribution in [3.05, 3.63) is 104 Å². The van der Waals surface area contributed by atoms with Gasteiger partial charge in [-0.15, -0.1) is 0 Å². The molecule has 8 nitrogen and oxygen atoms in total. The lowest BCUT2D eigenvalue weighted by atomic mass is 10.0. The Balaban J connectivity index is 0.000000162. The summed E-state index contributed by atoms with van der Waals surface area (Å²) in [6, 6.07) is 17.1. The minimum atomic E-state index is -0.232. The van der Waals surface area contributed by atoms with E-state index in [1.54, 1.807) is 45.4 Å². The second kappa shape index (κ2) is 11.0. The van der Waals surface area contributed by atoms with Crippen LogP contribution in [0.4, 0.5) is 0 Å². The first-order valence-electron chi connectivity index (χ1n) is 12.6. The van der Waals surface area contributed by atoms with E-state index in [-0.39, 0.29) is 22.0 Å². The molecule has 5 aromatic rings. The van der Waals surface area contributed by atoms with Gasteiger partial charge in [0, 0.05) is 35.4 Å². The summed E-state index contributed by atoms with van der Waals surface area (Å²) in [5.41, 5.74) is 3.06. The van der Waals surface area contributed by atoms with Gasteiger partial charge in [-0.3, -0.25) is 9.59 Å². The van der Waals surface area contributed by atoms with E-state index in [1.807, 2.05) is 37.3 Å². The maximum absolute atomic E-state index is 12.2. The molecule has 0 bridgehead atoms. The number of fused-ring (bicyclic) bond motifs is 3. The van der Waals surface area contributed by atoms with E-state index < -0.39 is 0 Å². The molecule has 2 aromatic heterocycles. The Kier molecular flexibility index (Phi) is 7.33. The van der Waals surface area contributed by atoms with Gasteiger partial charge in [0.25, 0.3) is 0 Å². The lowest BCUT2D eigenvalue weighted by molar-refractivity contribution is 0.349. The number of methoxy groups -OCH3 is 2. The molecule has 0 fully saturated rings. The van der Waals surface area contributed by atoms with E-state index in [0.29, 0.717) is 63.9 Å². The zero-order valence-electron chi connectivity index (χ0n) is 22.6. The topological polar surface area (TPSA) is 108 Å². The molecule has 3 aromatic carbocycles. The predicted molar refractivity (Wildman–Crippen MR) is 153 cm³/mol. The van der Waals surface area contributed by atoms with Crippen LogP contribution in [0.5, 0.6) is 23.0 Å². The highest BCUT2D eigenvalue weighted by atomic mass is 16.5. The van der Waals surface area contributed by atoms with Crippen LogP contribution in [0.1, 0.15) is 18.2 Å². The molecule has 0 aliphatic carbocycles. The molecule has 8 heteroatoms. The van der Waals surface area contributed by atoms with Gasteiger partial charge >= 0.3 is 0 Å². The number of allylic oxidation sites excluding steroid dienone is 1. The number of hydrogen-bond acceptors (Lipinski definition) is 8. The summed E-state index contributed by atoms with van der Waals surface area (Å²) in [6.07, 6.45) is 2.55.